The van der Waals surface area contributed by atoms with Crippen LogP contribution in [0.3, 0.4) is 0 Å². The zero-order valence-electron chi connectivity index (χ0n) is 10.1. The molecule has 0 aliphatic carbocycles. The van der Waals surface area contributed by atoms with E-state index in [2.05, 4.69) is 19.2 Å². The van der Waals surface area contributed by atoms with Gasteiger partial charge in [0.05, 0.1) is 10.0 Å². The quantitative estimate of drug-likeness (QED) is 0.837. The summed E-state index contributed by atoms with van der Waals surface area (Å²) in [5.41, 5.74) is 1.23. The summed E-state index contributed by atoms with van der Waals surface area (Å²) in [6.07, 6.45) is 2.16. The molecule has 0 bridgehead atoms. The van der Waals surface area contributed by atoms with Gasteiger partial charge >= 0.3 is 0 Å². The first-order chi connectivity index (χ1) is 7.52. The molecule has 1 aromatic carbocycles. The van der Waals surface area contributed by atoms with Gasteiger partial charge in [0.25, 0.3) is 0 Å². The fourth-order valence-electron chi connectivity index (χ4n) is 1.82. The highest BCUT2D eigenvalue weighted by Crippen LogP contribution is 2.23. The highest BCUT2D eigenvalue weighted by atomic mass is 35.5. The molecule has 0 fully saturated rings. The number of hydrogen-bond acceptors (Lipinski definition) is 1. The van der Waals surface area contributed by atoms with Crippen molar-refractivity contribution < 1.29 is 0 Å². The summed E-state index contributed by atoms with van der Waals surface area (Å²) in [4.78, 5) is 0. The Morgan fingerprint density at radius 2 is 1.88 bits per heavy atom. The third-order valence-electron chi connectivity index (χ3n) is 2.63. The van der Waals surface area contributed by atoms with Crippen molar-refractivity contribution in [3.63, 3.8) is 0 Å². The molecule has 1 aromatic rings. The maximum absolute atomic E-state index is 5.99. The lowest BCUT2D eigenvalue weighted by Gasteiger charge is -2.18. The number of rotatable bonds is 5. The summed E-state index contributed by atoms with van der Waals surface area (Å²) >= 11 is 11.9. The Labute approximate surface area is 108 Å². The first-order valence-electron chi connectivity index (χ1n) is 5.64. The lowest BCUT2D eigenvalue weighted by molar-refractivity contribution is 0.441. The van der Waals surface area contributed by atoms with Crippen LogP contribution in [-0.4, -0.2) is 13.1 Å². The average molecular weight is 260 g/mol. The minimum absolute atomic E-state index is 0.497. The molecule has 0 spiro atoms. The van der Waals surface area contributed by atoms with E-state index in [4.69, 9.17) is 23.2 Å². The third-order valence-corrected chi connectivity index (χ3v) is 3.37. The average Bonchev–Trinajstić information content (AvgIpc) is 2.22. The summed E-state index contributed by atoms with van der Waals surface area (Å²) < 4.78 is 0. The molecule has 0 heterocycles. The molecule has 1 unspecified atom stereocenters. The Hall–Kier alpha value is -0.240. The minimum atomic E-state index is 0.497. The molecule has 3 heteroatoms. The molecule has 1 atom stereocenters. The molecule has 0 aliphatic rings. The van der Waals surface area contributed by atoms with E-state index in [9.17, 15) is 0 Å². The van der Waals surface area contributed by atoms with Gasteiger partial charge in [-0.3, -0.25) is 0 Å². The highest BCUT2D eigenvalue weighted by molar-refractivity contribution is 6.42. The number of benzene rings is 1. The number of nitrogens with one attached hydrogen (secondary N) is 1. The molecule has 0 aliphatic heterocycles. The smallest absolute Gasteiger partial charge is 0.0595 e. The van der Waals surface area contributed by atoms with E-state index in [-0.39, 0.29) is 0 Å². The second-order valence-corrected chi connectivity index (χ2v) is 5.38. The van der Waals surface area contributed by atoms with Gasteiger partial charge in [0.1, 0.15) is 0 Å². The molecule has 1 rings (SSSR count). The van der Waals surface area contributed by atoms with Crippen LogP contribution in [0.1, 0.15) is 25.8 Å². The maximum atomic E-state index is 5.99. The number of likely N-dealkylation sites (N-methyl/N-ethyl adjacent to an activating group) is 1. The summed E-state index contributed by atoms with van der Waals surface area (Å²) in [6.45, 7) is 4.47. The van der Waals surface area contributed by atoms with Crippen LogP contribution in [0.25, 0.3) is 0 Å². The second kappa shape index (κ2) is 6.48. The predicted octanol–water partition coefficient (Wildman–Crippen LogP) is 4.17. The SMILES string of the molecule is CNC(Cc1ccc(Cl)c(Cl)c1)CC(C)C. The van der Waals surface area contributed by atoms with Gasteiger partial charge in [-0.1, -0.05) is 43.1 Å². The Bertz CT molecular complexity index is 337. The van der Waals surface area contributed by atoms with E-state index < -0.39 is 0 Å². The van der Waals surface area contributed by atoms with Crippen molar-refractivity contribution >= 4 is 23.2 Å². The van der Waals surface area contributed by atoms with Crippen LogP contribution in [0.2, 0.25) is 10.0 Å². The van der Waals surface area contributed by atoms with Gasteiger partial charge in [-0.05, 0) is 43.5 Å². The van der Waals surface area contributed by atoms with Gasteiger partial charge in [-0.15, -0.1) is 0 Å². The third kappa shape index (κ3) is 4.32. The molecule has 1 N–H and O–H groups in total. The predicted molar refractivity (Wildman–Crippen MR) is 72.5 cm³/mol. The molecule has 0 radical (unpaired) electrons. The standard InChI is InChI=1S/C13H19Cl2N/c1-9(2)6-11(16-3)7-10-4-5-12(14)13(15)8-10/h4-5,8-9,11,16H,6-7H2,1-3H3. The first kappa shape index (κ1) is 13.8. The largest absolute Gasteiger partial charge is 0.317 e. The van der Waals surface area contributed by atoms with Crippen LogP contribution in [0.15, 0.2) is 18.2 Å². The van der Waals surface area contributed by atoms with E-state index in [0.717, 1.165) is 12.8 Å². The first-order valence-corrected chi connectivity index (χ1v) is 6.39. The lowest BCUT2D eigenvalue weighted by Crippen LogP contribution is -2.29. The van der Waals surface area contributed by atoms with Crippen molar-refractivity contribution in [1.29, 1.82) is 0 Å². The molecule has 90 valence electrons. The van der Waals surface area contributed by atoms with Crippen LogP contribution in [-0.2, 0) is 6.42 Å². The van der Waals surface area contributed by atoms with Crippen LogP contribution >= 0.6 is 23.2 Å². The van der Waals surface area contributed by atoms with Gasteiger partial charge < -0.3 is 5.32 Å². The number of hydrogen-bond donors (Lipinski definition) is 1. The minimum Gasteiger partial charge on any atom is -0.317 e. The Kier molecular flexibility index (Phi) is 5.60. The summed E-state index contributed by atoms with van der Waals surface area (Å²) in [5.74, 6) is 0.695. The fraction of sp³-hybridized carbons (Fsp3) is 0.538. The monoisotopic (exact) mass is 259 g/mol. The zero-order chi connectivity index (χ0) is 12.1. The van der Waals surface area contributed by atoms with Crippen molar-refractivity contribution in [3.05, 3.63) is 33.8 Å². The van der Waals surface area contributed by atoms with Gasteiger partial charge in [-0.25, -0.2) is 0 Å². The molecule has 0 aromatic heterocycles. The van der Waals surface area contributed by atoms with Gasteiger partial charge in [0.2, 0.25) is 0 Å². The maximum Gasteiger partial charge on any atom is 0.0595 e. The fourth-order valence-corrected chi connectivity index (χ4v) is 2.14. The van der Waals surface area contributed by atoms with Crippen molar-refractivity contribution in [2.24, 2.45) is 5.92 Å². The Balaban J connectivity index is 2.66. The van der Waals surface area contributed by atoms with Crippen molar-refractivity contribution in [3.8, 4) is 0 Å². The summed E-state index contributed by atoms with van der Waals surface area (Å²) in [7, 11) is 2.00. The molecule has 0 saturated heterocycles. The molecule has 16 heavy (non-hydrogen) atoms. The molecule has 0 amide bonds. The van der Waals surface area contributed by atoms with Gasteiger partial charge in [-0.2, -0.15) is 0 Å². The highest BCUT2D eigenvalue weighted by Gasteiger charge is 2.10. The Morgan fingerprint density at radius 3 is 2.38 bits per heavy atom. The topological polar surface area (TPSA) is 12.0 Å². The number of halogens is 2. The van der Waals surface area contributed by atoms with Gasteiger partial charge in [0, 0.05) is 6.04 Å². The van der Waals surface area contributed by atoms with Gasteiger partial charge in [0.15, 0.2) is 0 Å². The van der Waals surface area contributed by atoms with E-state index in [1.807, 2.05) is 25.2 Å². The normalized spacial score (nSPS) is 13.1. The van der Waals surface area contributed by atoms with Crippen LogP contribution in [0.5, 0.6) is 0 Å². The molecule has 1 nitrogen and oxygen atoms in total. The van der Waals surface area contributed by atoms with E-state index in [1.54, 1.807) is 0 Å². The van der Waals surface area contributed by atoms with Crippen molar-refractivity contribution in [2.45, 2.75) is 32.7 Å². The molecule has 0 saturated carbocycles. The van der Waals surface area contributed by atoms with Crippen molar-refractivity contribution in [1.82, 2.24) is 5.32 Å². The molecular formula is C13H19Cl2N. The second-order valence-electron chi connectivity index (χ2n) is 4.57. The van der Waals surface area contributed by atoms with Crippen molar-refractivity contribution in [2.75, 3.05) is 7.05 Å². The van der Waals surface area contributed by atoms with E-state index >= 15 is 0 Å². The van der Waals surface area contributed by atoms with Crippen LogP contribution in [0, 0.1) is 5.92 Å². The zero-order valence-corrected chi connectivity index (χ0v) is 11.6. The van der Waals surface area contributed by atoms with Crippen LogP contribution < -0.4 is 5.32 Å². The van der Waals surface area contributed by atoms with E-state index in [0.29, 0.717) is 22.0 Å². The van der Waals surface area contributed by atoms with Crippen LogP contribution in [0.4, 0.5) is 0 Å². The van der Waals surface area contributed by atoms with E-state index in [1.165, 1.54) is 5.56 Å². The lowest BCUT2D eigenvalue weighted by atomic mass is 9.97. The molecular weight excluding hydrogens is 241 g/mol. The summed E-state index contributed by atoms with van der Waals surface area (Å²) in [6, 6.07) is 6.35. The Morgan fingerprint density at radius 1 is 1.19 bits per heavy atom. The summed E-state index contributed by atoms with van der Waals surface area (Å²) in [5, 5.41) is 4.60.